The minimum Gasteiger partial charge on any atom is -0.497 e. The van der Waals surface area contributed by atoms with Crippen LogP contribution in [0.4, 0.5) is 0 Å². The quantitative estimate of drug-likeness (QED) is 0.670. The molecule has 0 saturated heterocycles. The number of fused-ring (bicyclic) bond motifs is 1. The fourth-order valence-electron chi connectivity index (χ4n) is 3.32. The maximum absolute atomic E-state index is 12.9. The number of methoxy groups -OCH3 is 1. The highest BCUT2D eigenvalue weighted by atomic mass is 16.5. The monoisotopic (exact) mass is 377 g/mol. The highest BCUT2D eigenvalue weighted by Gasteiger charge is 2.28. The second-order valence-corrected chi connectivity index (χ2v) is 7.41. The lowest BCUT2D eigenvalue weighted by Crippen LogP contribution is -2.24. The summed E-state index contributed by atoms with van der Waals surface area (Å²) in [4.78, 5) is 23.7. The molecule has 4 rings (SSSR count). The molecule has 1 aliphatic heterocycles. The molecule has 0 atom stereocenters. The van der Waals surface area contributed by atoms with Crippen molar-refractivity contribution < 1.29 is 13.9 Å². The van der Waals surface area contributed by atoms with E-state index in [0.717, 1.165) is 34.8 Å². The van der Waals surface area contributed by atoms with E-state index >= 15 is 0 Å². The molecule has 0 fully saturated rings. The molecule has 0 aliphatic carbocycles. The normalized spacial score (nSPS) is 13.1. The third kappa shape index (κ3) is 3.63. The first-order chi connectivity index (χ1) is 13.5. The van der Waals surface area contributed by atoms with Crippen LogP contribution in [-0.4, -0.2) is 27.9 Å². The maximum Gasteiger partial charge on any atom is 0.290 e. The molecule has 2 aromatic heterocycles. The number of benzene rings is 1. The van der Waals surface area contributed by atoms with E-state index in [0.29, 0.717) is 30.5 Å². The Labute approximate surface area is 164 Å². The van der Waals surface area contributed by atoms with Gasteiger partial charge in [0.15, 0.2) is 5.76 Å². The summed E-state index contributed by atoms with van der Waals surface area (Å²) in [7, 11) is 1.63. The zero-order valence-corrected chi connectivity index (χ0v) is 16.3. The van der Waals surface area contributed by atoms with Crippen molar-refractivity contribution in [2.24, 2.45) is 5.92 Å². The Kier molecular flexibility index (Phi) is 4.86. The van der Waals surface area contributed by atoms with E-state index in [2.05, 4.69) is 23.8 Å². The number of hydrogen-bond donors (Lipinski definition) is 0. The number of nitrogens with zero attached hydrogens (tertiary/aromatic N) is 3. The summed E-state index contributed by atoms with van der Waals surface area (Å²) < 4.78 is 11.0. The number of carbonyl (C=O) groups is 1. The number of rotatable bonds is 5. The SMILES string of the molecule is COc1ccc(-c2ccc(C(=O)N3Cc4cnc(CC(C)C)nc4C3)o2)cc1. The van der Waals surface area contributed by atoms with Crippen molar-refractivity contribution in [3.8, 4) is 17.1 Å². The van der Waals surface area contributed by atoms with Crippen molar-refractivity contribution >= 4 is 5.91 Å². The van der Waals surface area contributed by atoms with E-state index in [4.69, 9.17) is 9.15 Å². The molecule has 3 aromatic rings. The largest absolute Gasteiger partial charge is 0.497 e. The van der Waals surface area contributed by atoms with Gasteiger partial charge in [-0.05, 0) is 42.3 Å². The fourth-order valence-corrected chi connectivity index (χ4v) is 3.32. The van der Waals surface area contributed by atoms with Gasteiger partial charge in [0.2, 0.25) is 0 Å². The zero-order chi connectivity index (χ0) is 19.7. The van der Waals surface area contributed by atoms with Crippen LogP contribution in [0.15, 0.2) is 47.0 Å². The Morgan fingerprint density at radius 3 is 2.68 bits per heavy atom. The Morgan fingerprint density at radius 1 is 1.18 bits per heavy atom. The number of carbonyl (C=O) groups excluding carboxylic acids is 1. The number of aromatic nitrogens is 2. The van der Waals surface area contributed by atoms with Gasteiger partial charge >= 0.3 is 0 Å². The minimum absolute atomic E-state index is 0.136. The summed E-state index contributed by atoms with van der Waals surface area (Å²) in [6, 6.07) is 11.1. The lowest BCUT2D eigenvalue weighted by atomic mass is 10.1. The van der Waals surface area contributed by atoms with Gasteiger partial charge in [-0.2, -0.15) is 0 Å². The van der Waals surface area contributed by atoms with Crippen molar-refractivity contribution in [2.45, 2.75) is 33.4 Å². The van der Waals surface area contributed by atoms with Gasteiger partial charge in [0.05, 0.1) is 19.3 Å². The predicted molar refractivity (Wildman–Crippen MR) is 105 cm³/mol. The third-order valence-electron chi connectivity index (χ3n) is 4.78. The number of ether oxygens (including phenoxy) is 1. The topological polar surface area (TPSA) is 68.5 Å². The van der Waals surface area contributed by atoms with Gasteiger partial charge in [-0.1, -0.05) is 13.8 Å². The van der Waals surface area contributed by atoms with Gasteiger partial charge < -0.3 is 14.1 Å². The molecule has 0 unspecified atom stereocenters. The molecule has 0 radical (unpaired) electrons. The summed E-state index contributed by atoms with van der Waals surface area (Å²) in [6.07, 6.45) is 2.68. The van der Waals surface area contributed by atoms with Crippen LogP contribution in [0.2, 0.25) is 0 Å². The van der Waals surface area contributed by atoms with Crippen LogP contribution in [0.1, 0.15) is 41.5 Å². The molecule has 6 heteroatoms. The van der Waals surface area contributed by atoms with Gasteiger partial charge in [0, 0.05) is 30.3 Å². The number of furan rings is 1. The maximum atomic E-state index is 12.9. The smallest absolute Gasteiger partial charge is 0.290 e. The average molecular weight is 377 g/mol. The van der Waals surface area contributed by atoms with Crippen molar-refractivity contribution in [2.75, 3.05) is 7.11 Å². The second-order valence-electron chi connectivity index (χ2n) is 7.41. The second kappa shape index (κ2) is 7.46. The van der Waals surface area contributed by atoms with Gasteiger partial charge in [0.25, 0.3) is 5.91 Å². The number of hydrogen-bond acceptors (Lipinski definition) is 5. The van der Waals surface area contributed by atoms with E-state index in [-0.39, 0.29) is 5.91 Å². The molecule has 144 valence electrons. The minimum atomic E-state index is -0.136. The van der Waals surface area contributed by atoms with Gasteiger partial charge in [-0.15, -0.1) is 0 Å². The van der Waals surface area contributed by atoms with Crippen LogP contribution in [0.3, 0.4) is 0 Å². The van der Waals surface area contributed by atoms with Crippen molar-refractivity contribution in [1.29, 1.82) is 0 Å². The van der Waals surface area contributed by atoms with Gasteiger partial charge in [-0.25, -0.2) is 9.97 Å². The summed E-state index contributed by atoms with van der Waals surface area (Å²) in [5.74, 6) is 2.96. The third-order valence-corrected chi connectivity index (χ3v) is 4.78. The molecule has 1 amide bonds. The first-order valence-electron chi connectivity index (χ1n) is 9.40. The molecule has 28 heavy (non-hydrogen) atoms. The van der Waals surface area contributed by atoms with Crippen molar-refractivity contribution in [3.05, 3.63) is 65.4 Å². The molecule has 6 nitrogen and oxygen atoms in total. The Morgan fingerprint density at radius 2 is 1.96 bits per heavy atom. The van der Waals surface area contributed by atoms with Crippen molar-refractivity contribution in [3.63, 3.8) is 0 Å². The average Bonchev–Trinajstić information content (AvgIpc) is 3.34. The van der Waals surface area contributed by atoms with E-state index in [1.165, 1.54) is 0 Å². The molecular weight excluding hydrogens is 354 g/mol. The molecule has 1 aliphatic rings. The molecule has 0 spiro atoms. The molecule has 1 aromatic carbocycles. The van der Waals surface area contributed by atoms with E-state index in [1.54, 1.807) is 18.1 Å². The van der Waals surface area contributed by atoms with Crippen LogP contribution in [-0.2, 0) is 19.5 Å². The standard InChI is InChI=1S/C22H23N3O3/c1-14(2)10-21-23-11-16-12-25(13-18(16)24-21)22(26)20-9-8-19(28-20)15-4-6-17(27-3)7-5-15/h4-9,11,14H,10,12-13H2,1-3H3. The fraction of sp³-hybridized carbons (Fsp3) is 0.318. The molecule has 0 saturated carbocycles. The van der Waals surface area contributed by atoms with E-state index < -0.39 is 0 Å². The highest BCUT2D eigenvalue weighted by molar-refractivity contribution is 5.92. The van der Waals surface area contributed by atoms with Crippen LogP contribution >= 0.6 is 0 Å². The van der Waals surface area contributed by atoms with Gasteiger partial charge in [0.1, 0.15) is 17.3 Å². The summed E-state index contributed by atoms with van der Waals surface area (Å²) in [5.41, 5.74) is 2.83. The van der Waals surface area contributed by atoms with Gasteiger partial charge in [-0.3, -0.25) is 4.79 Å². The molecular formula is C22H23N3O3. The van der Waals surface area contributed by atoms with Crippen LogP contribution in [0, 0.1) is 5.92 Å². The zero-order valence-electron chi connectivity index (χ0n) is 16.3. The molecule has 0 bridgehead atoms. The number of amides is 1. The highest BCUT2D eigenvalue weighted by Crippen LogP contribution is 2.27. The Hall–Kier alpha value is -3.15. The predicted octanol–water partition coefficient (Wildman–Crippen LogP) is 4.10. The Bertz CT molecular complexity index is 993. The van der Waals surface area contributed by atoms with Crippen LogP contribution in [0.5, 0.6) is 5.75 Å². The summed E-state index contributed by atoms with van der Waals surface area (Å²) in [5, 5.41) is 0. The van der Waals surface area contributed by atoms with E-state index in [1.807, 2.05) is 36.5 Å². The van der Waals surface area contributed by atoms with E-state index in [9.17, 15) is 4.79 Å². The summed E-state index contributed by atoms with van der Waals surface area (Å²) in [6.45, 7) is 5.28. The van der Waals surface area contributed by atoms with Crippen LogP contribution < -0.4 is 4.74 Å². The molecule has 0 N–H and O–H groups in total. The lowest BCUT2D eigenvalue weighted by Gasteiger charge is -2.12. The first kappa shape index (κ1) is 18.2. The lowest BCUT2D eigenvalue weighted by molar-refractivity contribution is 0.0719. The molecule has 3 heterocycles. The van der Waals surface area contributed by atoms with Crippen molar-refractivity contribution in [1.82, 2.24) is 14.9 Å². The summed E-state index contributed by atoms with van der Waals surface area (Å²) >= 11 is 0. The first-order valence-corrected chi connectivity index (χ1v) is 9.40. The Balaban J connectivity index is 1.48. The van der Waals surface area contributed by atoms with Crippen LogP contribution in [0.25, 0.3) is 11.3 Å².